The minimum absolute atomic E-state index is 0.0294. The second-order valence-electron chi connectivity index (χ2n) is 3.82. The Morgan fingerprint density at radius 3 is 2.44 bits per heavy atom. The molecule has 7 heteroatoms. The molecule has 1 fully saturated rings. The summed E-state index contributed by atoms with van der Waals surface area (Å²) in [5, 5.41) is 2.89. The number of hydrogen-bond acceptors (Lipinski definition) is 3. The number of halogens is 1. The van der Waals surface area contributed by atoms with Crippen LogP contribution in [-0.4, -0.2) is 42.4 Å². The van der Waals surface area contributed by atoms with E-state index in [4.69, 9.17) is 0 Å². The van der Waals surface area contributed by atoms with Crippen LogP contribution < -0.4 is 5.32 Å². The normalized spacial score (nSPS) is 19.6. The number of nitrogens with zero attached hydrogens (tertiary/aromatic N) is 1. The van der Waals surface area contributed by atoms with Crippen molar-refractivity contribution >= 4 is 31.9 Å². The number of amides is 1. The average Bonchev–Trinajstić information content (AvgIpc) is 2.29. The summed E-state index contributed by atoms with van der Waals surface area (Å²) in [7, 11) is -3.14. The standard InChI is InChI=1S/C9H17BrN2O3S/c1-2-9(13)11-8-3-5-12(6-4-8)16(14,15)7-10/h8H,2-7H2,1H3,(H,11,13). The molecule has 1 rings (SSSR count). The van der Waals surface area contributed by atoms with E-state index in [0.29, 0.717) is 32.4 Å². The van der Waals surface area contributed by atoms with Gasteiger partial charge in [0, 0.05) is 25.6 Å². The van der Waals surface area contributed by atoms with Gasteiger partial charge in [-0.2, -0.15) is 0 Å². The van der Waals surface area contributed by atoms with E-state index in [9.17, 15) is 13.2 Å². The summed E-state index contributed by atoms with van der Waals surface area (Å²) in [5.74, 6) is 0.0294. The Labute approximate surface area is 105 Å². The molecule has 1 saturated heterocycles. The van der Waals surface area contributed by atoms with Gasteiger partial charge in [-0.15, -0.1) is 0 Å². The maximum Gasteiger partial charge on any atom is 0.224 e. The lowest BCUT2D eigenvalue weighted by atomic mass is 10.1. The minimum atomic E-state index is -3.14. The molecule has 5 nitrogen and oxygen atoms in total. The number of carbonyl (C=O) groups excluding carboxylic acids is 1. The summed E-state index contributed by atoms with van der Waals surface area (Å²) in [6.07, 6.45) is 1.86. The molecule has 1 N–H and O–H groups in total. The van der Waals surface area contributed by atoms with Gasteiger partial charge in [0.1, 0.15) is 4.66 Å². The summed E-state index contributed by atoms with van der Waals surface area (Å²) in [4.78, 5) is 11.2. The average molecular weight is 313 g/mol. The third-order valence-electron chi connectivity index (χ3n) is 2.67. The molecule has 1 amide bonds. The van der Waals surface area contributed by atoms with E-state index in [1.165, 1.54) is 4.31 Å². The Kier molecular flexibility index (Phi) is 5.20. The highest BCUT2D eigenvalue weighted by Crippen LogP contribution is 2.15. The van der Waals surface area contributed by atoms with Crippen LogP contribution in [0, 0.1) is 0 Å². The molecular formula is C9H17BrN2O3S. The Hall–Kier alpha value is -0.140. The first-order chi connectivity index (χ1) is 7.49. The topological polar surface area (TPSA) is 66.5 Å². The van der Waals surface area contributed by atoms with Gasteiger partial charge in [0.2, 0.25) is 15.9 Å². The van der Waals surface area contributed by atoms with Crippen LogP contribution in [0.3, 0.4) is 0 Å². The summed E-state index contributed by atoms with van der Waals surface area (Å²) >= 11 is 2.97. The first-order valence-electron chi connectivity index (χ1n) is 5.32. The van der Waals surface area contributed by atoms with Crippen LogP contribution >= 0.6 is 15.9 Å². The van der Waals surface area contributed by atoms with E-state index in [-0.39, 0.29) is 16.6 Å². The summed E-state index contributed by atoms with van der Waals surface area (Å²) in [6, 6.07) is 0.120. The molecule has 0 aromatic carbocycles. The fraction of sp³-hybridized carbons (Fsp3) is 0.889. The molecule has 0 aromatic rings. The maximum atomic E-state index is 11.5. The minimum Gasteiger partial charge on any atom is -0.353 e. The van der Waals surface area contributed by atoms with Crippen LogP contribution in [0.25, 0.3) is 0 Å². The first-order valence-corrected chi connectivity index (χ1v) is 8.05. The van der Waals surface area contributed by atoms with E-state index in [0.717, 1.165) is 0 Å². The van der Waals surface area contributed by atoms with Crippen molar-refractivity contribution in [3.63, 3.8) is 0 Å². The third kappa shape index (κ3) is 3.71. The molecule has 16 heavy (non-hydrogen) atoms. The molecule has 1 aliphatic heterocycles. The zero-order valence-electron chi connectivity index (χ0n) is 9.28. The van der Waals surface area contributed by atoms with Crippen LogP contribution in [0.15, 0.2) is 0 Å². The molecule has 0 spiro atoms. The molecule has 0 aromatic heterocycles. The Balaban J connectivity index is 2.43. The van der Waals surface area contributed by atoms with Crippen LogP contribution in [0.5, 0.6) is 0 Å². The highest BCUT2D eigenvalue weighted by Gasteiger charge is 2.27. The smallest absolute Gasteiger partial charge is 0.224 e. The highest BCUT2D eigenvalue weighted by molar-refractivity contribution is 9.10. The zero-order valence-corrected chi connectivity index (χ0v) is 11.7. The number of nitrogens with one attached hydrogen (secondary N) is 1. The molecule has 94 valence electrons. The number of piperidine rings is 1. The molecular weight excluding hydrogens is 296 g/mol. The van der Waals surface area contributed by atoms with E-state index >= 15 is 0 Å². The van der Waals surface area contributed by atoms with Gasteiger partial charge in [-0.1, -0.05) is 22.9 Å². The molecule has 0 aliphatic carbocycles. The summed E-state index contributed by atoms with van der Waals surface area (Å²) < 4.78 is 24.5. The van der Waals surface area contributed by atoms with Crippen molar-refractivity contribution in [2.45, 2.75) is 32.2 Å². The quantitative estimate of drug-likeness (QED) is 0.775. The largest absolute Gasteiger partial charge is 0.353 e. The molecule has 0 bridgehead atoms. The lowest BCUT2D eigenvalue weighted by Gasteiger charge is -2.31. The maximum absolute atomic E-state index is 11.5. The highest BCUT2D eigenvalue weighted by atomic mass is 79.9. The van der Waals surface area contributed by atoms with Crippen molar-refractivity contribution in [3.8, 4) is 0 Å². The van der Waals surface area contributed by atoms with Gasteiger partial charge >= 0.3 is 0 Å². The lowest BCUT2D eigenvalue weighted by Crippen LogP contribution is -2.46. The van der Waals surface area contributed by atoms with Crippen molar-refractivity contribution in [2.75, 3.05) is 17.8 Å². The fourth-order valence-corrected chi connectivity index (χ4v) is 3.45. The molecule has 0 radical (unpaired) electrons. The van der Waals surface area contributed by atoms with Gasteiger partial charge in [0.15, 0.2) is 0 Å². The second kappa shape index (κ2) is 5.97. The molecule has 0 saturated carbocycles. The zero-order chi connectivity index (χ0) is 12.2. The van der Waals surface area contributed by atoms with Crippen LogP contribution in [0.1, 0.15) is 26.2 Å². The number of carbonyl (C=O) groups is 1. The monoisotopic (exact) mass is 312 g/mol. The lowest BCUT2D eigenvalue weighted by molar-refractivity contribution is -0.121. The summed E-state index contributed by atoms with van der Waals surface area (Å²) in [6.45, 7) is 2.78. The predicted molar refractivity (Wildman–Crippen MR) is 65.7 cm³/mol. The Bertz CT molecular complexity index is 337. The molecule has 1 aliphatic rings. The van der Waals surface area contributed by atoms with Crippen molar-refractivity contribution in [3.05, 3.63) is 0 Å². The third-order valence-corrected chi connectivity index (χ3v) is 5.83. The van der Waals surface area contributed by atoms with Crippen molar-refractivity contribution in [1.82, 2.24) is 9.62 Å². The fourth-order valence-electron chi connectivity index (χ4n) is 1.68. The number of rotatable bonds is 4. The van der Waals surface area contributed by atoms with Crippen molar-refractivity contribution in [1.29, 1.82) is 0 Å². The van der Waals surface area contributed by atoms with Gasteiger partial charge in [-0.05, 0) is 12.8 Å². The predicted octanol–water partition coefficient (Wildman–Crippen LogP) is 0.659. The number of hydrogen-bond donors (Lipinski definition) is 1. The SMILES string of the molecule is CCC(=O)NC1CCN(S(=O)(=O)CBr)CC1. The van der Waals surface area contributed by atoms with Crippen molar-refractivity contribution < 1.29 is 13.2 Å². The Morgan fingerprint density at radius 2 is 2.00 bits per heavy atom. The van der Waals surface area contributed by atoms with E-state index in [1.54, 1.807) is 6.92 Å². The van der Waals surface area contributed by atoms with Crippen LogP contribution in [0.2, 0.25) is 0 Å². The van der Waals surface area contributed by atoms with Crippen LogP contribution in [0.4, 0.5) is 0 Å². The Morgan fingerprint density at radius 1 is 1.44 bits per heavy atom. The van der Waals surface area contributed by atoms with Gasteiger partial charge in [-0.3, -0.25) is 4.79 Å². The molecule has 1 heterocycles. The van der Waals surface area contributed by atoms with E-state index in [2.05, 4.69) is 21.2 Å². The van der Waals surface area contributed by atoms with Crippen molar-refractivity contribution in [2.24, 2.45) is 0 Å². The van der Waals surface area contributed by atoms with Gasteiger partial charge in [-0.25, -0.2) is 12.7 Å². The van der Waals surface area contributed by atoms with Crippen LogP contribution in [-0.2, 0) is 14.8 Å². The van der Waals surface area contributed by atoms with Gasteiger partial charge in [0.05, 0.1) is 0 Å². The first kappa shape index (κ1) is 13.9. The van der Waals surface area contributed by atoms with E-state index < -0.39 is 10.0 Å². The number of sulfonamides is 1. The van der Waals surface area contributed by atoms with E-state index in [1.807, 2.05) is 0 Å². The second-order valence-corrected chi connectivity index (χ2v) is 7.09. The summed E-state index contributed by atoms with van der Waals surface area (Å²) in [5.41, 5.74) is 0. The molecule has 0 unspecified atom stereocenters. The van der Waals surface area contributed by atoms with Gasteiger partial charge in [0.25, 0.3) is 0 Å². The number of alkyl halides is 1. The van der Waals surface area contributed by atoms with Gasteiger partial charge < -0.3 is 5.32 Å². The molecule has 0 atom stereocenters.